The minimum absolute atomic E-state index is 0.00164. The molecular formula is C18H24N4O2S. The minimum Gasteiger partial charge on any atom is -0.352 e. The highest BCUT2D eigenvalue weighted by Crippen LogP contribution is 2.24. The molecule has 0 bridgehead atoms. The van der Waals surface area contributed by atoms with Crippen LogP contribution in [0.3, 0.4) is 0 Å². The Morgan fingerprint density at radius 3 is 2.96 bits per heavy atom. The van der Waals surface area contributed by atoms with Gasteiger partial charge in [0.15, 0.2) is 10.8 Å². The van der Waals surface area contributed by atoms with E-state index in [4.69, 9.17) is 0 Å². The predicted octanol–water partition coefficient (Wildman–Crippen LogP) is 2.60. The summed E-state index contributed by atoms with van der Waals surface area (Å²) in [5, 5.41) is 4.19. The number of hydrogen-bond donors (Lipinski definition) is 1. The molecule has 2 aromatic rings. The number of thioether (sulfide) groups is 1. The molecule has 3 rings (SSSR count). The van der Waals surface area contributed by atoms with Crippen molar-refractivity contribution in [1.82, 2.24) is 19.9 Å². The second kappa shape index (κ2) is 7.99. The van der Waals surface area contributed by atoms with Gasteiger partial charge in [0.25, 0.3) is 5.56 Å². The van der Waals surface area contributed by atoms with E-state index in [2.05, 4.69) is 22.2 Å². The van der Waals surface area contributed by atoms with Crippen LogP contribution in [0.4, 0.5) is 0 Å². The number of pyridine rings is 1. The van der Waals surface area contributed by atoms with Crippen LogP contribution in [-0.4, -0.2) is 32.2 Å². The van der Waals surface area contributed by atoms with Gasteiger partial charge in [0.1, 0.15) is 0 Å². The molecule has 7 heteroatoms. The molecular weight excluding hydrogens is 336 g/mol. The molecule has 1 fully saturated rings. The summed E-state index contributed by atoms with van der Waals surface area (Å²) in [7, 11) is 0. The summed E-state index contributed by atoms with van der Waals surface area (Å²) in [5.41, 5.74) is 0.324. The first-order chi connectivity index (χ1) is 12.1. The monoisotopic (exact) mass is 360 g/mol. The summed E-state index contributed by atoms with van der Waals surface area (Å²) in [4.78, 5) is 33.5. The van der Waals surface area contributed by atoms with Gasteiger partial charge in [-0.15, -0.1) is 0 Å². The second-order valence-electron chi connectivity index (χ2n) is 6.54. The van der Waals surface area contributed by atoms with E-state index >= 15 is 0 Å². The molecule has 0 spiro atoms. The first kappa shape index (κ1) is 17.9. The third-order valence-corrected chi connectivity index (χ3v) is 5.78. The first-order valence-electron chi connectivity index (χ1n) is 8.88. The Kier molecular flexibility index (Phi) is 5.73. The number of carbonyl (C=O) groups is 1. The van der Waals surface area contributed by atoms with Crippen molar-refractivity contribution in [1.29, 1.82) is 0 Å². The molecule has 0 unspecified atom stereocenters. The van der Waals surface area contributed by atoms with Gasteiger partial charge in [-0.25, -0.2) is 9.97 Å². The maximum atomic E-state index is 12.6. The van der Waals surface area contributed by atoms with Crippen molar-refractivity contribution in [2.24, 2.45) is 5.92 Å². The van der Waals surface area contributed by atoms with Crippen LogP contribution in [0.5, 0.6) is 0 Å². The largest absolute Gasteiger partial charge is 0.352 e. The van der Waals surface area contributed by atoms with Crippen molar-refractivity contribution >= 4 is 28.7 Å². The van der Waals surface area contributed by atoms with Gasteiger partial charge in [-0.05, 0) is 37.8 Å². The van der Waals surface area contributed by atoms with Crippen molar-refractivity contribution in [2.75, 3.05) is 5.75 Å². The van der Waals surface area contributed by atoms with Gasteiger partial charge in [0, 0.05) is 18.8 Å². The lowest BCUT2D eigenvalue weighted by Crippen LogP contribution is -2.41. The smallest absolute Gasteiger partial charge is 0.263 e. The molecule has 0 radical (unpaired) electrons. The van der Waals surface area contributed by atoms with Crippen molar-refractivity contribution in [3.8, 4) is 0 Å². The van der Waals surface area contributed by atoms with E-state index in [0.29, 0.717) is 28.7 Å². The fourth-order valence-electron chi connectivity index (χ4n) is 3.33. The molecule has 1 amide bonds. The molecule has 6 nitrogen and oxygen atoms in total. The number of aromatic nitrogens is 3. The Morgan fingerprint density at radius 2 is 2.20 bits per heavy atom. The fourth-order valence-corrected chi connectivity index (χ4v) is 4.20. The molecule has 2 aromatic heterocycles. The molecule has 0 saturated heterocycles. The van der Waals surface area contributed by atoms with Crippen LogP contribution in [0.25, 0.3) is 11.0 Å². The van der Waals surface area contributed by atoms with Crippen molar-refractivity contribution < 1.29 is 4.79 Å². The summed E-state index contributed by atoms with van der Waals surface area (Å²) >= 11 is 1.30. The fraction of sp³-hybridized carbons (Fsp3) is 0.556. The van der Waals surface area contributed by atoms with E-state index < -0.39 is 0 Å². The molecule has 1 saturated carbocycles. The molecule has 1 N–H and O–H groups in total. The zero-order valence-corrected chi connectivity index (χ0v) is 15.5. The predicted molar refractivity (Wildman–Crippen MR) is 99.8 cm³/mol. The quantitative estimate of drug-likeness (QED) is 0.655. The number of nitrogens with one attached hydrogen (secondary N) is 1. The number of nitrogens with zero attached hydrogens (tertiary/aromatic N) is 3. The Balaban J connectivity index is 1.72. The third-order valence-electron chi connectivity index (χ3n) is 4.80. The molecule has 25 heavy (non-hydrogen) atoms. The van der Waals surface area contributed by atoms with Crippen LogP contribution in [0, 0.1) is 5.92 Å². The second-order valence-corrected chi connectivity index (χ2v) is 7.49. The van der Waals surface area contributed by atoms with E-state index in [0.717, 1.165) is 6.42 Å². The first-order valence-corrected chi connectivity index (χ1v) is 9.86. The van der Waals surface area contributed by atoms with E-state index in [-0.39, 0.29) is 23.3 Å². The zero-order valence-electron chi connectivity index (χ0n) is 14.7. The molecule has 1 aliphatic carbocycles. The summed E-state index contributed by atoms with van der Waals surface area (Å²) in [5.74, 6) is 0.787. The number of fused-ring (bicyclic) bond motifs is 1. The molecule has 2 heterocycles. The lowest BCUT2D eigenvalue weighted by Gasteiger charge is -2.29. The minimum atomic E-state index is -0.107. The summed E-state index contributed by atoms with van der Waals surface area (Å²) in [6.07, 6.45) is 6.27. The summed E-state index contributed by atoms with van der Waals surface area (Å²) < 4.78 is 1.60. The van der Waals surface area contributed by atoms with Gasteiger partial charge in [0.05, 0.1) is 11.1 Å². The molecule has 2 atom stereocenters. The van der Waals surface area contributed by atoms with Crippen molar-refractivity contribution in [3.05, 3.63) is 28.7 Å². The SMILES string of the molecule is CCn1c(SCC(=O)N[C@@H]2CCCC[C@H]2C)nc2ncccc2c1=O. The van der Waals surface area contributed by atoms with Gasteiger partial charge >= 0.3 is 0 Å². The summed E-state index contributed by atoms with van der Waals surface area (Å²) in [6.45, 7) is 4.61. The van der Waals surface area contributed by atoms with Crippen LogP contribution in [0.2, 0.25) is 0 Å². The highest BCUT2D eigenvalue weighted by Gasteiger charge is 2.23. The number of amides is 1. The molecule has 0 aromatic carbocycles. The van der Waals surface area contributed by atoms with Crippen molar-refractivity contribution in [3.63, 3.8) is 0 Å². The Hall–Kier alpha value is -1.89. The van der Waals surface area contributed by atoms with Gasteiger partial charge in [-0.2, -0.15) is 0 Å². The molecule has 134 valence electrons. The number of rotatable bonds is 5. The molecule has 1 aliphatic rings. The lowest BCUT2D eigenvalue weighted by molar-refractivity contribution is -0.119. The zero-order chi connectivity index (χ0) is 17.8. The van der Waals surface area contributed by atoms with Crippen LogP contribution < -0.4 is 10.9 Å². The maximum absolute atomic E-state index is 12.6. The van der Waals surface area contributed by atoms with Gasteiger partial charge in [-0.1, -0.05) is 31.5 Å². The highest BCUT2D eigenvalue weighted by atomic mass is 32.2. The average Bonchev–Trinajstić information content (AvgIpc) is 2.62. The highest BCUT2D eigenvalue weighted by molar-refractivity contribution is 7.99. The standard InChI is InChI=1S/C18H24N4O2S/c1-3-22-17(24)13-8-6-10-19-16(13)21-18(22)25-11-15(23)20-14-9-5-4-7-12(14)2/h6,8,10,12,14H,3-5,7,9,11H2,1-2H3,(H,20,23)/t12-,14-/m1/s1. The van der Waals surface area contributed by atoms with Crippen LogP contribution in [0.1, 0.15) is 39.5 Å². The van der Waals surface area contributed by atoms with Gasteiger partial charge in [0.2, 0.25) is 5.91 Å². The van der Waals surface area contributed by atoms with E-state index in [1.165, 1.54) is 31.0 Å². The summed E-state index contributed by atoms with van der Waals surface area (Å²) in [6, 6.07) is 3.73. The number of carbonyl (C=O) groups excluding carboxylic acids is 1. The van der Waals surface area contributed by atoms with Crippen LogP contribution >= 0.6 is 11.8 Å². The van der Waals surface area contributed by atoms with E-state index in [1.807, 2.05) is 6.92 Å². The van der Waals surface area contributed by atoms with Crippen LogP contribution in [-0.2, 0) is 11.3 Å². The third kappa shape index (κ3) is 4.03. The van der Waals surface area contributed by atoms with Crippen LogP contribution in [0.15, 0.2) is 28.3 Å². The van der Waals surface area contributed by atoms with Crippen molar-refractivity contribution in [2.45, 2.75) is 57.3 Å². The topological polar surface area (TPSA) is 76.9 Å². The Morgan fingerprint density at radius 1 is 1.40 bits per heavy atom. The lowest BCUT2D eigenvalue weighted by atomic mass is 9.86. The van der Waals surface area contributed by atoms with E-state index in [1.54, 1.807) is 22.9 Å². The number of hydrogen-bond acceptors (Lipinski definition) is 5. The van der Waals surface area contributed by atoms with Gasteiger partial charge in [-0.3, -0.25) is 14.2 Å². The Bertz CT molecular complexity index is 820. The maximum Gasteiger partial charge on any atom is 0.263 e. The van der Waals surface area contributed by atoms with E-state index in [9.17, 15) is 9.59 Å². The van der Waals surface area contributed by atoms with Gasteiger partial charge < -0.3 is 5.32 Å². The Labute approximate surface area is 151 Å². The normalized spacial score (nSPS) is 20.6. The molecule has 0 aliphatic heterocycles. The average molecular weight is 360 g/mol.